The smallest absolute Gasteiger partial charge is 0.309 e. The van der Waals surface area contributed by atoms with Crippen LogP contribution in [0.4, 0.5) is 0 Å². The Balaban J connectivity index is 1.91. The van der Waals surface area contributed by atoms with E-state index in [0.29, 0.717) is 6.04 Å². The maximum atomic E-state index is 11.6. The minimum atomic E-state index is -0.613. The number of furan rings is 1. The van der Waals surface area contributed by atoms with E-state index in [2.05, 4.69) is 18.7 Å². The van der Waals surface area contributed by atoms with E-state index in [1.807, 2.05) is 12.1 Å². The molecule has 4 heteroatoms. The van der Waals surface area contributed by atoms with E-state index in [9.17, 15) is 9.90 Å². The number of piperidine rings is 1. The first kappa shape index (κ1) is 15.1. The number of likely N-dealkylation sites (tertiary alicyclic amines) is 1. The van der Waals surface area contributed by atoms with E-state index in [1.54, 1.807) is 6.26 Å². The number of aliphatic carboxylic acids is 1. The third-order valence-electron chi connectivity index (χ3n) is 4.64. The minimum absolute atomic E-state index is 0.398. The molecule has 4 nitrogen and oxygen atoms in total. The second kappa shape index (κ2) is 6.44. The molecule has 0 saturated carbocycles. The summed E-state index contributed by atoms with van der Waals surface area (Å²) < 4.78 is 5.39. The Hall–Kier alpha value is -1.29. The number of hydrogen-bond donors (Lipinski definition) is 1. The molecule has 0 amide bonds. The van der Waals surface area contributed by atoms with Crippen LogP contribution in [0.5, 0.6) is 0 Å². The molecule has 1 unspecified atom stereocenters. The van der Waals surface area contributed by atoms with Crippen LogP contribution in [0.3, 0.4) is 0 Å². The molecule has 1 aliphatic rings. The van der Waals surface area contributed by atoms with Gasteiger partial charge in [-0.15, -0.1) is 0 Å². The Morgan fingerprint density at radius 2 is 2.20 bits per heavy atom. The van der Waals surface area contributed by atoms with Gasteiger partial charge in [-0.25, -0.2) is 0 Å². The zero-order chi connectivity index (χ0) is 14.6. The van der Waals surface area contributed by atoms with Crippen molar-refractivity contribution in [2.24, 2.45) is 5.41 Å². The lowest BCUT2D eigenvalue weighted by Gasteiger charge is -2.41. The molecule has 2 heterocycles. The van der Waals surface area contributed by atoms with Crippen molar-refractivity contribution in [3.05, 3.63) is 24.2 Å². The van der Waals surface area contributed by atoms with E-state index in [4.69, 9.17) is 4.42 Å². The lowest BCUT2D eigenvalue weighted by atomic mass is 9.74. The number of rotatable bonds is 6. The molecule has 0 aliphatic carbocycles. The summed E-state index contributed by atoms with van der Waals surface area (Å²) in [6.45, 7) is 6.00. The zero-order valence-electron chi connectivity index (χ0n) is 12.5. The lowest BCUT2D eigenvalue weighted by Crippen LogP contribution is -2.47. The highest BCUT2D eigenvalue weighted by Gasteiger charge is 2.41. The molecule has 112 valence electrons. The van der Waals surface area contributed by atoms with Gasteiger partial charge in [-0.3, -0.25) is 4.79 Å². The minimum Gasteiger partial charge on any atom is -0.481 e. The Morgan fingerprint density at radius 3 is 2.70 bits per heavy atom. The Morgan fingerprint density at radius 1 is 1.50 bits per heavy atom. The summed E-state index contributed by atoms with van der Waals surface area (Å²) in [5, 5.41) is 9.52. The van der Waals surface area contributed by atoms with Gasteiger partial charge in [0.05, 0.1) is 11.7 Å². The predicted octanol–water partition coefficient (Wildman–Crippen LogP) is 3.18. The van der Waals surface area contributed by atoms with E-state index >= 15 is 0 Å². The third kappa shape index (κ3) is 3.23. The first-order valence-corrected chi connectivity index (χ1v) is 7.57. The summed E-state index contributed by atoms with van der Waals surface area (Å²) in [5.41, 5.74) is -0.490. The van der Waals surface area contributed by atoms with Crippen LogP contribution < -0.4 is 0 Å². The summed E-state index contributed by atoms with van der Waals surface area (Å²) in [7, 11) is 0. The summed E-state index contributed by atoms with van der Waals surface area (Å²) in [6.07, 6.45) is 5.85. The van der Waals surface area contributed by atoms with Crippen LogP contribution in [-0.4, -0.2) is 35.1 Å². The van der Waals surface area contributed by atoms with E-state index in [0.717, 1.165) is 51.0 Å². The van der Waals surface area contributed by atoms with Crippen LogP contribution in [0.15, 0.2) is 22.8 Å². The maximum Gasteiger partial charge on any atom is 0.309 e. The number of carbonyl (C=O) groups is 1. The van der Waals surface area contributed by atoms with Crippen molar-refractivity contribution in [1.82, 2.24) is 4.90 Å². The molecule has 1 aliphatic heterocycles. The van der Waals surface area contributed by atoms with Gasteiger partial charge < -0.3 is 14.4 Å². The van der Waals surface area contributed by atoms with Crippen molar-refractivity contribution in [1.29, 1.82) is 0 Å². The highest BCUT2D eigenvalue weighted by atomic mass is 16.4. The fourth-order valence-electron chi connectivity index (χ4n) is 3.29. The molecule has 1 fully saturated rings. The molecule has 1 atom stereocenters. The van der Waals surface area contributed by atoms with Gasteiger partial charge in [-0.2, -0.15) is 0 Å². The molecule has 0 spiro atoms. The molecular formula is C16H25NO3. The van der Waals surface area contributed by atoms with Gasteiger partial charge in [0.15, 0.2) is 0 Å². The van der Waals surface area contributed by atoms with Crippen molar-refractivity contribution in [3.63, 3.8) is 0 Å². The van der Waals surface area contributed by atoms with E-state index < -0.39 is 11.4 Å². The third-order valence-corrected chi connectivity index (χ3v) is 4.64. The summed E-state index contributed by atoms with van der Waals surface area (Å²) >= 11 is 0. The van der Waals surface area contributed by atoms with Crippen LogP contribution in [0, 0.1) is 5.41 Å². The van der Waals surface area contributed by atoms with Crippen LogP contribution >= 0.6 is 0 Å². The van der Waals surface area contributed by atoms with E-state index in [-0.39, 0.29) is 0 Å². The van der Waals surface area contributed by atoms with Gasteiger partial charge in [0.25, 0.3) is 0 Å². The van der Waals surface area contributed by atoms with Gasteiger partial charge in [-0.05, 0) is 51.4 Å². The molecule has 2 rings (SSSR count). The second-order valence-electron chi connectivity index (χ2n) is 6.00. The van der Waals surface area contributed by atoms with Crippen molar-refractivity contribution in [2.75, 3.05) is 13.1 Å². The molecule has 0 aromatic carbocycles. The van der Waals surface area contributed by atoms with Gasteiger partial charge in [0, 0.05) is 12.5 Å². The largest absolute Gasteiger partial charge is 0.481 e. The molecule has 0 bridgehead atoms. The molecule has 1 aromatic rings. The predicted molar refractivity (Wildman–Crippen MR) is 77.7 cm³/mol. The van der Waals surface area contributed by atoms with Crippen molar-refractivity contribution in [3.8, 4) is 0 Å². The summed E-state index contributed by atoms with van der Waals surface area (Å²) in [4.78, 5) is 14.0. The molecule has 1 saturated heterocycles. The number of nitrogens with zero attached hydrogens (tertiary/aromatic N) is 1. The summed E-state index contributed by atoms with van der Waals surface area (Å²) in [5.74, 6) is 0.388. The van der Waals surface area contributed by atoms with Crippen molar-refractivity contribution >= 4 is 5.97 Å². The van der Waals surface area contributed by atoms with Crippen molar-refractivity contribution in [2.45, 2.75) is 52.0 Å². The van der Waals surface area contributed by atoms with Crippen LogP contribution in [-0.2, 0) is 11.2 Å². The number of carboxylic acids is 1. The fraction of sp³-hybridized carbons (Fsp3) is 0.688. The summed E-state index contributed by atoms with van der Waals surface area (Å²) in [6, 6.07) is 4.31. The molecule has 20 heavy (non-hydrogen) atoms. The lowest BCUT2D eigenvalue weighted by molar-refractivity contribution is -0.153. The highest BCUT2D eigenvalue weighted by molar-refractivity contribution is 5.74. The first-order chi connectivity index (χ1) is 9.57. The van der Waals surface area contributed by atoms with Gasteiger partial charge in [0.1, 0.15) is 5.76 Å². The Bertz CT molecular complexity index is 419. The topological polar surface area (TPSA) is 53.7 Å². The van der Waals surface area contributed by atoms with Crippen molar-refractivity contribution < 1.29 is 14.3 Å². The molecule has 1 aromatic heterocycles. The average Bonchev–Trinajstić information content (AvgIpc) is 2.92. The second-order valence-corrected chi connectivity index (χ2v) is 6.00. The maximum absolute atomic E-state index is 11.6. The zero-order valence-corrected chi connectivity index (χ0v) is 12.5. The molecule has 0 radical (unpaired) electrons. The Kier molecular flexibility index (Phi) is 4.86. The quantitative estimate of drug-likeness (QED) is 0.869. The molecular weight excluding hydrogens is 254 g/mol. The van der Waals surface area contributed by atoms with Gasteiger partial charge in [0.2, 0.25) is 0 Å². The van der Waals surface area contributed by atoms with Crippen LogP contribution in [0.1, 0.15) is 45.3 Å². The number of hydrogen-bond acceptors (Lipinski definition) is 3. The van der Waals surface area contributed by atoms with Gasteiger partial charge in [-0.1, -0.05) is 13.3 Å². The van der Waals surface area contributed by atoms with Crippen LogP contribution in [0.25, 0.3) is 0 Å². The molecule has 1 N–H and O–H groups in total. The van der Waals surface area contributed by atoms with Crippen LogP contribution in [0.2, 0.25) is 0 Å². The number of carboxylic acid groups (broad SMARTS) is 1. The SMILES string of the molecule is CCCC1(C(=O)O)CCN(C(C)Cc2ccco2)CC1. The standard InChI is InChI=1S/C16H25NO3/c1-3-6-16(15(18)19)7-9-17(10-8-16)13(2)12-14-5-4-11-20-14/h4-5,11,13H,3,6-10,12H2,1-2H3,(H,18,19). The average molecular weight is 279 g/mol. The Labute approximate surface area is 120 Å². The first-order valence-electron chi connectivity index (χ1n) is 7.57. The van der Waals surface area contributed by atoms with Gasteiger partial charge >= 0.3 is 5.97 Å². The normalized spacial score (nSPS) is 20.7. The highest BCUT2D eigenvalue weighted by Crippen LogP contribution is 2.37. The monoisotopic (exact) mass is 279 g/mol. The van der Waals surface area contributed by atoms with E-state index in [1.165, 1.54) is 0 Å². The fourth-order valence-corrected chi connectivity index (χ4v) is 3.29.